The first-order valence-electron chi connectivity index (χ1n) is 10.8. The highest BCUT2D eigenvalue weighted by Gasteiger charge is 2.16. The van der Waals surface area contributed by atoms with Gasteiger partial charge >= 0.3 is 0 Å². The second-order valence-electron chi connectivity index (χ2n) is 8.20. The summed E-state index contributed by atoms with van der Waals surface area (Å²) in [4.78, 5) is 1.00. The number of fused-ring (bicyclic) bond motifs is 1. The van der Waals surface area contributed by atoms with Crippen LogP contribution in [-0.2, 0) is 19.4 Å². The molecule has 1 aromatic heterocycles. The molecule has 0 aliphatic rings. The van der Waals surface area contributed by atoms with Crippen molar-refractivity contribution in [3.8, 4) is 0 Å². The molecule has 0 saturated carbocycles. The molecule has 1 heterocycles. The van der Waals surface area contributed by atoms with Gasteiger partial charge in [0.1, 0.15) is 11.6 Å². The average Bonchev–Trinajstić information content (AvgIpc) is 3.18. The summed E-state index contributed by atoms with van der Waals surface area (Å²) in [6.07, 6.45) is 3.14. The van der Waals surface area contributed by atoms with E-state index < -0.39 is 0 Å². The van der Waals surface area contributed by atoms with E-state index in [2.05, 4.69) is 18.5 Å². The quantitative estimate of drug-likeness (QED) is 0.329. The lowest BCUT2D eigenvalue weighted by Crippen LogP contribution is -2.08. The Morgan fingerprint density at radius 2 is 1.74 bits per heavy atom. The second-order valence-corrected chi connectivity index (χ2v) is 9.29. The highest BCUT2D eigenvalue weighted by molar-refractivity contribution is 7.20. The molecule has 0 aliphatic carbocycles. The Balaban J connectivity index is 1.85. The van der Waals surface area contributed by atoms with Crippen molar-refractivity contribution < 1.29 is 8.78 Å². The molecular formula is C27H31F2NS. The normalized spacial score (nSPS) is 11.2. The van der Waals surface area contributed by atoms with Crippen LogP contribution in [-0.4, -0.2) is 0 Å². The van der Waals surface area contributed by atoms with Crippen LogP contribution in [0.5, 0.6) is 0 Å². The summed E-state index contributed by atoms with van der Waals surface area (Å²) in [5, 5.41) is 3.75. The van der Waals surface area contributed by atoms with Gasteiger partial charge < -0.3 is 5.32 Å². The SMILES string of the molecule is C=C(C)CCC(=C)c1cc2c(F)c(CNc3c(C)cc(CC)c(CC)c3F)ccc2s1. The van der Waals surface area contributed by atoms with Crippen molar-refractivity contribution in [1.82, 2.24) is 0 Å². The fraction of sp³-hybridized carbons (Fsp3) is 0.333. The number of hydrogen-bond donors (Lipinski definition) is 1. The van der Waals surface area contributed by atoms with Crippen molar-refractivity contribution in [2.75, 3.05) is 5.32 Å². The maximum Gasteiger partial charge on any atom is 0.150 e. The third-order valence-corrected chi connectivity index (χ3v) is 6.97. The van der Waals surface area contributed by atoms with Crippen LogP contribution >= 0.6 is 11.3 Å². The lowest BCUT2D eigenvalue weighted by Gasteiger charge is -2.17. The van der Waals surface area contributed by atoms with E-state index in [0.29, 0.717) is 23.1 Å². The summed E-state index contributed by atoms with van der Waals surface area (Å²) in [6.45, 7) is 16.2. The number of halogens is 2. The van der Waals surface area contributed by atoms with Crippen LogP contribution in [0.25, 0.3) is 15.7 Å². The summed E-state index contributed by atoms with van der Waals surface area (Å²) in [6, 6.07) is 7.65. The molecule has 0 aliphatic heterocycles. The van der Waals surface area contributed by atoms with Crippen molar-refractivity contribution >= 4 is 32.7 Å². The number of rotatable bonds is 9. The minimum Gasteiger partial charge on any atom is -0.378 e. The van der Waals surface area contributed by atoms with E-state index in [4.69, 9.17) is 0 Å². The molecule has 3 aromatic rings. The molecule has 0 fully saturated rings. The second kappa shape index (κ2) is 9.78. The molecule has 31 heavy (non-hydrogen) atoms. The number of anilines is 1. The van der Waals surface area contributed by atoms with Gasteiger partial charge in [-0.15, -0.1) is 17.9 Å². The Morgan fingerprint density at radius 3 is 2.39 bits per heavy atom. The molecule has 0 amide bonds. The van der Waals surface area contributed by atoms with Crippen molar-refractivity contribution in [3.63, 3.8) is 0 Å². The molecule has 4 heteroatoms. The number of thiophene rings is 1. The van der Waals surface area contributed by atoms with Gasteiger partial charge in [0.05, 0.1) is 5.69 Å². The Labute approximate surface area is 188 Å². The third kappa shape index (κ3) is 4.90. The maximum atomic E-state index is 15.3. The van der Waals surface area contributed by atoms with Crippen molar-refractivity contribution in [2.24, 2.45) is 0 Å². The number of benzene rings is 2. The molecule has 1 N–H and O–H groups in total. The molecule has 0 bridgehead atoms. The molecule has 0 spiro atoms. The van der Waals surface area contributed by atoms with Gasteiger partial charge in [-0.2, -0.15) is 0 Å². The fourth-order valence-electron chi connectivity index (χ4n) is 3.91. The molecule has 0 saturated heterocycles. The Morgan fingerprint density at radius 1 is 1.00 bits per heavy atom. The number of hydrogen-bond acceptors (Lipinski definition) is 2. The van der Waals surface area contributed by atoms with E-state index in [-0.39, 0.29) is 18.2 Å². The summed E-state index contributed by atoms with van der Waals surface area (Å²) in [5.41, 5.74) is 5.73. The van der Waals surface area contributed by atoms with Gasteiger partial charge in [-0.3, -0.25) is 0 Å². The molecule has 0 atom stereocenters. The standard InChI is InChI=1S/C27H31F2NS/c1-7-19-13-18(6)27(26(29)21(19)8-2)30-15-20-11-12-23-22(25(20)28)14-24(31-23)17(5)10-9-16(3)4/h11-14,30H,3,5,7-10,15H2,1-2,4,6H3. The first-order chi connectivity index (χ1) is 14.8. The summed E-state index contributed by atoms with van der Waals surface area (Å²) in [5.74, 6) is -0.466. The van der Waals surface area contributed by atoms with Crippen LogP contribution in [0, 0.1) is 18.6 Å². The molecule has 0 unspecified atom stereocenters. The first-order valence-corrected chi connectivity index (χ1v) is 11.7. The zero-order valence-corrected chi connectivity index (χ0v) is 19.7. The van der Waals surface area contributed by atoms with Gasteiger partial charge in [-0.05, 0) is 73.9 Å². The van der Waals surface area contributed by atoms with Crippen molar-refractivity contribution in [1.29, 1.82) is 0 Å². The van der Waals surface area contributed by atoms with E-state index >= 15 is 8.78 Å². The lowest BCUT2D eigenvalue weighted by molar-refractivity contribution is 0.607. The molecule has 3 rings (SSSR count). The van der Waals surface area contributed by atoms with Crippen LogP contribution in [0.1, 0.15) is 60.7 Å². The van der Waals surface area contributed by atoms with E-state index in [1.54, 1.807) is 17.4 Å². The van der Waals surface area contributed by atoms with Crippen LogP contribution in [0.4, 0.5) is 14.5 Å². The Bertz CT molecular complexity index is 1140. The fourth-order valence-corrected chi connectivity index (χ4v) is 4.96. The van der Waals surface area contributed by atoms with Gasteiger partial charge in [-0.25, -0.2) is 8.78 Å². The number of nitrogens with one attached hydrogen (secondary N) is 1. The predicted octanol–water partition coefficient (Wildman–Crippen LogP) is 8.59. The monoisotopic (exact) mass is 439 g/mol. The highest BCUT2D eigenvalue weighted by atomic mass is 32.1. The van der Waals surface area contributed by atoms with Crippen molar-refractivity contribution in [2.45, 2.75) is 59.9 Å². The minimum atomic E-state index is -0.251. The van der Waals surface area contributed by atoms with Crippen molar-refractivity contribution in [3.05, 3.63) is 81.8 Å². The van der Waals surface area contributed by atoms with Crippen LogP contribution < -0.4 is 5.32 Å². The predicted molar refractivity (Wildman–Crippen MR) is 132 cm³/mol. The summed E-state index contributed by atoms with van der Waals surface area (Å²) >= 11 is 1.56. The molecule has 1 nitrogen and oxygen atoms in total. The van der Waals surface area contributed by atoms with Gasteiger partial charge in [-0.1, -0.05) is 38.1 Å². The van der Waals surface area contributed by atoms with Gasteiger partial charge in [0.2, 0.25) is 0 Å². The molecule has 0 radical (unpaired) electrons. The summed E-state index contributed by atoms with van der Waals surface area (Å²) in [7, 11) is 0. The zero-order chi connectivity index (χ0) is 22.7. The van der Waals surface area contributed by atoms with Gasteiger partial charge in [0.15, 0.2) is 0 Å². The van der Waals surface area contributed by atoms with E-state index in [9.17, 15) is 0 Å². The van der Waals surface area contributed by atoms with Crippen LogP contribution in [0.2, 0.25) is 0 Å². The van der Waals surface area contributed by atoms with E-state index in [1.165, 1.54) is 0 Å². The first kappa shape index (κ1) is 23.2. The maximum absolute atomic E-state index is 15.3. The van der Waals surface area contributed by atoms with Crippen LogP contribution in [0.3, 0.4) is 0 Å². The lowest BCUT2D eigenvalue weighted by atomic mass is 9.97. The molecule has 2 aromatic carbocycles. The number of aryl methyl sites for hydroxylation is 2. The highest BCUT2D eigenvalue weighted by Crippen LogP contribution is 2.35. The topological polar surface area (TPSA) is 12.0 Å². The Hall–Kier alpha value is -2.46. The smallest absolute Gasteiger partial charge is 0.150 e. The molecular weight excluding hydrogens is 408 g/mol. The third-order valence-electron chi connectivity index (χ3n) is 5.76. The molecule has 164 valence electrons. The Kier molecular flexibility index (Phi) is 7.32. The van der Waals surface area contributed by atoms with Gasteiger partial charge in [0, 0.05) is 27.1 Å². The van der Waals surface area contributed by atoms with E-state index in [1.807, 2.05) is 45.9 Å². The largest absolute Gasteiger partial charge is 0.378 e. The number of allylic oxidation sites excluding steroid dienone is 2. The summed E-state index contributed by atoms with van der Waals surface area (Å²) < 4.78 is 31.2. The van der Waals surface area contributed by atoms with Gasteiger partial charge in [0.25, 0.3) is 0 Å². The van der Waals surface area contributed by atoms with Crippen LogP contribution in [0.15, 0.2) is 43.0 Å². The van der Waals surface area contributed by atoms with E-state index in [0.717, 1.165) is 56.7 Å². The average molecular weight is 440 g/mol. The zero-order valence-electron chi connectivity index (χ0n) is 18.9. The minimum absolute atomic E-state index is 0.215.